The Morgan fingerprint density at radius 3 is 2.59 bits per heavy atom. The third-order valence-corrected chi connectivity index (χ3v) is 4.02. The first-order valence-corrected chi connectivity index (χ1v) is 6.95. The molecule has 98 valence electrons. The van der Waals surface area contributed by atoms with Gasteiger partial charge in [0.25, 0.3) is 0 Å². The van der Waals surface area contributed by atoms with E-state index in [2.05, 4.69) is 28.8 Å². The molecule has 2 N–H and O–H groups in total. The van der Waals surface area contributed by atoms with Crippen molar-refractivity contribution in [1.29, 1.82) is 0 Å². The largest absolute Gasteiger partial charge is 0.370 e. The van der Waals surface area contributed by atoms with E-state index < -0.39 is 0 Å². The lowest BCUT2D eigenvalue weighted by Gasteiger charge is -2.28. The Morgan fingerprint density at radius 1 is 1.35 bits per heavy atom. The van der Waals surface area contributed by atoms with Crippen LogP contribution < -0.4 is 5.73 Å². The fourth-order valence-electron chi connectivity index (χ4n) is 2.42. The summed E-state index contributed by atoms with van der Waals surface area (Å²) in [5, 5.41) is 0. The summed E-state index contributed by atoms with van der Waals surface area (Å²) in [6.45, 7) is 5.24. The molecule has 4 nitrogen and oxygen atoms in total. The van der Waals surface area contributed by atoms with Gasteiger partial charge in [0.1, 0.15) is 0 Å². The highest BCUT2D eigenvalue weighted by atomic mass is 15.3. The van der Waals surface area contributed by atoms with Gasteiger partial charge in [0.05, 0.1) is 6.54 Å². The first-order chi connectivity index (χ1) is 8.18. The summed E-state index contributed by atoms with van der Waals surface area (Å²) >= 11 is 0. The molecule has 0 bridgehead atoms. The minimum absolute atomic E-state index is 0.505. The molecule has 4 heteroatoms. The average molecular weight is 238 g/mol. The van der Waals surface area contributed by atoms with Crippen LogP contribution in [-0.4, -0.2) is 54.5 Å². The van der Waals surface area contributed by atoms with Crippen molar-refractivity contribution in [3.63, 3.8) is 0 Å². The summed E-state index contributed by atoms with van der Waals surface area (Å²) in [5.74, 6) is 0.751. The molecule has 17 heavy (non-hydrogen) atoms. The number of hydrogen-bond acceptors (Lipinski definition) is 2. The van der Waals surface area contributed by atoms with E-state index in [4.69, 9.17) is 5.73 Å². The molecule has 1 aliphatic heterocycles. The number of nitrogens with zero attached hydrogens (tertiary/aromatic N) is 3. The lowest BCUT2D eigenvalue weighted by Crippen LogP contribution is -2.42. The van der Waals surface area contributed by atoms with Gasteiger partial charge in [-0.3, -0.25) is 9.89 Å². The van der Waals surface area contributed by atoms with Crippen molar-refractivity contribution in [3.05, 3.63) is 0 Å². The highest BCUT2D eigenvalue weighted by molar-refractivity contribution is 5.78. The second-order valence-corrected chi connectivity index (χ2v) is 5.49. The van der Waals surface area contributed by atoms with Crippen molar-refractivity contribution < 1.29 is 0 Å². The Kier molecular flexibility index (Phi) is 4.26. The molecule has 1 saturated carbocycles. The van der Waals surface area contributed by atoms with E-state index in [1.807, 2.05) is 0 Å². The van der Waals surface area contributed by atoms with Gasteiger partial charge in [-0.25, -0.2) is 0 Å². The molecule has 2 rings (SSSR count). The van der Waals surface area contributed by atoms with E-state index in [9.17, 15) is 0 Å². The number of likely N-dealkylation sites (tertiary alicyclic amines) is 1. The summed E-state index contributed by atoms with van der Waals surface area (Å²) in [7, 11) is 2.20. The third kappa shape index (κ3) is 3.60. The Hall–Kier alpha value is -0.770. The van der Waals surface area contributed by atoms with Gasteiger partial charge in [0.15, 0.2) is 5.96 Å². The number of piperidine rings is 1. The first-order valence-electron chi connectivity index (χ1n) is 6.95. The van der Waals surface area contributed by atoms with Crippen LogP contribution in [0.5, 0.6) is 0 Å². The molecule has 0 radical (unpaired) electrons. The van der Waals surface area contributed by atoms with Crippen LogP contribution in [0.4, 0.5) is 0 Å². The summed E-state index contributed by atoms with van der Waals surface area (Å²) in [6, 6.07) is 1.31. The van der Waals surface area contributed by atoms with E-state index in [1.165, 1.54) is 32.1 Å². The quantitative estimate of drug-likeness (QED) is 0.592. The third-order valence-electron chi connectivity index (χ3n) is 4.02. The maximum absolute atomic E-state index is 6.05. The van der Waals surface area contributed by atoms with Gasteiger partial charge in [-0.2, -0.15) is 0 Å². The van der Waals surface area contributed by atoms with Crippen molar-refractivity contribution in [2.45, 2.75) is 51.1 Å². The average Bonchev–Trinajstić information content (AvgIpc) is 3.20. The zero-order chi connectivity index (χ0) is 12.3. The second kappa shape index (κ2) is 5.71. The molecule has 2 aliphatic rings. The summed E-state index contributed by atoms with van der Waals surface area (Å²) in [4.78, 5) is 9.22. The molecule has 1 saturated heterocycles. The SMILES string of the molecule is CC(CN=C(N)N1CCCCC1)N(C)C1CC1. The van der Waals surface area contributed by atoms with Gasteiger partial charge < -0.3 is 10.6 Å². The highest BCUT2D eigenvalue weighted by Gasteiger charge is 2.28. The van der Waals surface area contributed by atoms with E-state index in [-0.39, 0.29) is 0 Å². The Labute approximate surface area is 105 Å². The maximum Gasteiger partial charge on any atom is 0.191 e. The first kappa shape index (κ1) is 12.7. The number of guanidine groups is 1. The number of nitrogens with two attached hydrogens (primary N) is 1. The van der Waals surface area contributed by atoms with Crippen molar-refractivity contribution in [2.75, 3.05) is 26.7 Å². The van der Waals surface area contributed by atoms with Gasteiger partial charge in [0.2, 0.25) is 0 Å². The van der Waals surface area contributed by atoms with Crippen LogP contribution in [0.3, 0.4) is 0 Å². The summed E-state index contributed by atoms with van der Waals surface area (Å²) in [5.41, 5.74) is 6.05. The second-order valence-electron chi connectivity index (χ2n) is 5.49. The van der Waals surface area contributed by atoms with Gasteiger partial charge in [-0.05, 0) is 46.1 Å². The van der Waals surface area contributed by atoms with Gasteiger partial charge in [0, 0.05) is 25.2 Å². The molecule has 1 atom stereocenters. The highest BCUT2D eigenvalue weighted by Crippen LogP contribution is 2.26. The lowest BCUT2D eigenvalue weighted by molar-refractivity contribution is 0.252. The van der Waals surface area contributed by atoms with Crippen molar-refractivity contribution in [1.82, 2.24) is 9.80 Å². The molecule has 0 amide bonds. The van der Waals surface area contributed by atoms with Crippen LogP contribution in [0, 0.1) is 0 Å². The van der Waals surface area contributed by atoms with E-state index >= 15 is 0 Å². The Balaban J connectivity index is 1.77. The van der Waals surface area contributed by atoms with Crippen molar-refractivity contribution in [2.24, 2.45) is 10.7 Å². The molecule has 0 aromatic carbocycles. The number of hydrogen-bond donors (Lipinski definition) is 1. The summed E-state index contributed by atoms with van der Waals surface area (Å²) in [6.07, 6.45) is 6.56. The zero-order valence-corrected chi connectivity index (χ0v) is 11.2. The standard InChI is InChI=1S/C13H26N4/c1-11(16(2)12-6-7-12)10-15-13(14)17-8-4-3-5-9-17/h11-12H,3-10H2,1-2H3,(H2,14,15). The fraction of sp³-hybridized carbons (Fsp3) is 0.923. The van der Waals surface area contributed by atoms with Crippen LogP contribution in [0.1, 0.15) is 39.0 Å². The molecule has 0 aromatic rings. The van der Waals surface area contributed by atoms with E-state index in [1.54, 1.807) is 0 Å². The smallest absolute Gasteiger partial charge is 0.191 e. The van der Waals surface area contributed by atoms with Crippen molar-refractivity contribution in [3.8, 4) is 0 Å². The maximum atomic E-state index is 6.05. The van der Waals surface area contributed by atoms with Gasteiger partial charge in [-0.15, -0.1) is 0 Å². The summed E-state index contributed by atoms with van der Waals surface area (Å²) < 4.78 is 0. The monoisotopic (exact) mass is 238 g/mol. The molecular formula is C13H26N4. The number of likely N-dealkylation sites (N-methyl/N-ethyl adjacent to an activating group) is 1. The van der Waals surface area contributed by atoms with Crippen LogP contribution in [-0.2, 0) is 0 Å². The number of aliphatic imine (C=N–C) groups is 1. The minimum atomic E-state index is 0.505. The molecule has 2 fully saturated rings. The topological polar surface area (TPSA) is 44.9 Å². The van der Waals surface area contributed by atoms with Crippen LogP contribution in [0.25, 0.3) is 0 Å². The predicted molar refractivity (Wildman–Crippen MR) is 72.2 cm³/mol. The van der Waals surface area contributed by atoms with Gasteiger partial charge >= 0.3 is 0 Å². The molecular weight excluding hydrogens is 212 g/mol. The number of rotatable bonds is 4. The Bertz CT molecular complexity index is 267. The van der Waals surface area contributed by atoms with Crippen LogP contribution in [0.15, 0.2) is 4.99 Å². The van der Waals surface area contributed by atoms with E-state index in [0.717, 1.165) is 31.6 Å². The lowest BCUT2D eigenvalue weighted by atomic mass is 10.1. The van der Waals surface area contributed by atoms with Crippen LogP contribution in [0.2, 0.25) is 0 Å². The zero-order valence-electron chi connectivity index (χ0n) is 11.2. The molecule has 0 aromatic heterocycles. The fourth-order valence-corrected chi connectivity index (χ4v) is 2.42. The van der Waals surface area contributed by atoms with Crippen molar-refractivity contribution >= 4 is 5.96 Å². The molecule has 0 spiro atoms. The van der Waals surface area contributed by atoms with Crippen LogP contribution >= 0.6 is 0 Å². The van der Waals surface area contributed by atoms with E-state index in [0.29, 0.717) is 6.04 Å². The molecule has 1 aliphatic carbocycles. The molecule has 1 unspecified atom stereocenters. The predicted octanol–water partition coefficient (Wildman–Crippen LogP) is 1.27. The minimum Gasteiger partial charge on any atom is -0.370 e. The Morgan fingerprint density at radius 2 is 2.00 bits per heavy atom. The molecule has 1 heterocycles. The van der Waals surface area contributed by atoms with Gasteiger partial charge in [-0.1, -0.05) is 0 Å². The normalized spacial score (nSPS) is 24.2.